The van der Waals surface area contributed by atoms with Gasteiger partial charge in [0.25, 0.3) is 0 Å². The lowest BCUT2D eigenvalue weighted by Gasteiger charge is -2.28. The van der Waals surface area contributed by atoms with E-state index in [0.717, 1.165) is 6.54 Å². The quantitative estimate of drug-likeness (QED) is 0.713. The molecule has 1 aliphatic rings. The van der Waals surface area contributed by atoms with Crippen LogP contribution < -0.4 is 5.32 Å². The molecule has 1 aliphatic heterocycles. The Morgan fingerprint density at radius 2 is 2.50 bits per heavy atom. The van der Waals surface area contributed by atoms with E-state index in [4.69, 9.17) is 0 Å². The lowest BCUT2D eigenvalue weighted by molar-refractivity contribution is 0.382. The predicted octanol–water partition coefficient (Wildman–Crippen LogP) is 1.76. The average Bonchev–Trinajstić information content (AvgIpc) is 2.02. The molecule has 0 unspecified atom stereocenters. The van der Waals surface area contributed by atoms with Crippen LogP contribution in [0.15, 0.2) is 25.0 Å². The van der Waals surface area contributed by atoms with Crippen LogP contribution in [0.5, 0.6) is 0 Å². The van der Waals surface area contributed by atoms with E-state index in [1.807, 2.05) is 18.3 Å². The van der Waals surface area contributed by atoms with Gasteiger partial charge in [-0.05, 0) is 30.2 Å². The van der Waals surface area contributed by atoms with Crippen molar-refractivity contribution in [2.75, 3.05) is 6.54 Å². The van der Waals surface area contributed by atoms with Crippen molar-refractivity contribution < 1.29 is 0 Å². The maximum absolute atomic E-state index is 4.11. The minimum absolute atomic E-state index is 0.506. The van der Waals surface area contributed by atoms with Crippen LogP contribution in [0.25, 0.3) is 6.08 Å². The zero-order valence-corrected chi connectivity index (χ0v) is 6.96. The first kappa shape index (κ1) is 7.50. The third kappa shape index (κ3) is 1.14. The number of aromatic nitrogens is 1. The first-order valence-electron chi connectivity index (χ1n) is 4.21. The van der Waals surface area contributed by atoms with E-state index in [1.54, 1.807) is 6.20 Å². The standard InChI is InChI=1S/C10H12N2/c1-2-8-3-5-11-7-9(8)10-4-6-12-10/h2-3,5,7,10,12H,1,4,6H2/t10-/m0/s1. The van der Waals surface area contributed by atoms with Crippen LogP contribution in [0, 0.1) is 0 Å². The van der Waals surface area contributed by atoms with Crippen molar-refractivity contribution in [3.63, 3.8) is 0 Å². The first-order valence-corrected chi connectivity index (χ1v) is 4.21. The number of pyridine rings is 1. The van der Waals surface area contributed by atoms with Gasteiger partial charge in [0.1, 0.15) is 0 Å². The van der Waals surface area contributed by atoms with Crippen molar-refractivity contribution in [1.82, 2.24) is 10.3 Å². The first-order chi connectivity index (χ1) is 5.92. The molecule has 0 radical (unpaired) electrons. The Kier molecular flexibility index (Phi) is 1.92. The van der Waals surface area contributed by atoms with Gasteiger partial charge in [-0.1, -0.05) is 12.7 Å². The third-order valence-corrected chi connectivity index (χ3v) is 2.31. The Hall–Kier alpha value is -1.15. The fourth-order valence-corrected chi connectivity index (χ4v) is 1.45. The van der Waals surface area contributed by atoms with Crippen molar-refractivity contribution in [3.8, 4) is 0 Å². The summed E-state index contributed by atoms with van der Waals surface area (Å²) >= 11 is 0. The maximum Gasteiger partial charge on any atom is 0.0353 e. The van der Waals surface area contributed by atoms with Gasteiger partial charge in [0.2, 0.25) is 0 Å². The summed E-state index contributed by atoms with van der Waals surface area (Å²) in [7, 11) is 0. The van der Waals surface area contributed by atoms with Gasteiger partial charge in [0.05, 0.1) is 0 Å². The summed E-state index contributed by atoms with van der Waals surface area (Å²) in [6.07, 6.45) is 6.83. The molecular formula is C10H12N2. The molecule has 0 saturated carbocycles. The molecule has 62 valence electrons. The second-order valence-corrected chi connectivity index (χ2v) is 3.00. The van der Waals surface area contributed by atoms with Crippen molar-refractivity contribution in [1.29, 1.82) is 0 Å². The minimum Gasteiger partial charge on any atom is -0.310 e. The number of rotatable bonds is 2. The van der Waals surface area contributed by atoms with Gasteiger partial charge in [-0.2, -0.15) is 0 Å². The largest absolute Gasteiger partial charge is 0.310 e. The fourth-order valence-electron chi connectivity index (χ4n) is 1.45. The summed E-state index contributed by atoms with van der Waals surface area (Å²) in [5.74, 6) is 0. The van der Waals surface area contributed by atoms with E-state index in [1.165, 1.54) is 17.5 Å². The van der Waals surface area contributed by atoms with E-state index in [0.29, 0.717) is 6.04 Å². The van der Waals surface area contributed by atoms with Gasteiger partial charge in [0.15, 0.2) is 0 Å². The Labute approximate surface area is 72.3 Å². The van der Waals surface area contributed by atoms with Gasteiger partial charge in [-0.3, -0.25) is 4.98 Å². The van der Waals surface area contributed by atoms with E-state index in [-0.39, 0.29) is 0 Å². The highest BCUT2D eigenvalue weighted by molar-refractivity contribution is 5.51. The van der Waals surface area contributed by atoms with Crippen LogP contribution in [-0.2, 0) is 0 Å². The Morgan fingerprint density at radius 1 is 1.67 bits per heavy atom. The normalized spacial score (nSPS) is 21.5. The van der Waals surface area contributed by atoms with Crippen LogP contribution >= 0.6 is 0 Å². The number of nitrogens with zero attached hydrogens (tertiary/aromatic N) is 1. The molecule has 2 rings (SSSR count). The molecule has 0 aromatic carbocycles. The van der Waals surface area contributed by atoms with Gasteiger partial charge in [0, 0.05) is 18.4 Å². The molecule has 2 heterocycles. The summed E-state index contributed by atoms with van der Waals surface area (Å²) in [5.41, 5.74) is 2.47. The van der Waals surface area contributed by atoms with Crippen LogP contribution in [0.4, 0.5) is 0 Å². The summed E-state index contributed by atoms with van der Waals surface area (Å²) < 4.78 is 0. The second-order valence-electron chi connectivity index (χ2n) is 3.00. The molecule has 0 spiro atoms. The van der Waals surface area contributed by atoms with Crippen LogP contribution in [0.1, 0.15) is 23.6 Å². The number of nitrogens with one attached hydrogen (secondary N) is 1. The second kappa shape index (κ2) is 3.07. The minimum atomic E-state index is 0.506. The summed E-state index contributed by atoms with van der Waals surface area (Å²) in [4.78, 5) is 4.11. The number of hydrogen-bond donors (Lipinski definition) is 1. The van der Waals surface area contributed by atoms with Gasteiger partial charge < -0.3 is 5.32 Å². The molecule has 0 bridgehead atoms. The SMILES string of the molecule is C=Cc1ccncc1[C@@H]1CCN1. The Balaban J connectivity index is 2.33. The van der Waals surface area contributed by atoms with Crippen LogP contribution in [-0.4, -0.2) is 11.5 Å². The molecule has 1 fully saturated rings. The van der Waals surface area contributed by atoms with Gasteiger partial charge >= 0.3 is 0 Å². The molecule has 12 heavy (non-hydrogen) atoms. The highest BCUT2D eigenvalue weighted by atomic mass is 15.0. The van der Waals surface area contributed by atoms with E-state index in [9.17, 15) is 0 Å². The average molecular weight is 160 g/mol. The molecule has 2 heteroatoms. The number of hydrogen-bond acceptors (Lipinski definition) is 2. The molecule has 1 atom stereocenters. The smallest absolute Gasteiger partial charge is 0.0353 e. The van der Waals surface area contributed by atoms with Crippen LogP contribution in [0.3, 0.4) is 0 Å². The van der Waals surface area contributed by atoms with Gasteiger partial charge in [-0.25, -0.2) is 0 Å². The Morgan fingerprint density at radius 3 is 3.08 bits per heavy atom. The highest BCUT2D eigenvalue weighted by Gasteiger charge is 2.20. The zero-order chi connectivity index (χ0) is 8.39. The highest BCUT2D eigenvalue weighted by Crippen LogP contribution is 2.25. The molecule has 0 amide bonds. The lowest BCUT2D eigenvalue weighted by atomic mass is 9.95. The molecule has 2 nitrogen and oxygen atoms in total. The Bertz CT molecular complexity index is 290. The van der Waals surface area contributed by atoms with Crippen molar-refractivity contribution in [2.45, 2.75) is 12.5 Å². The zero-order valence-electron chi connectivity index (χ0n) is 6.96. The van der Waals surface area contributed by atoms with Crippen molar-refractivity contribution in [2.24, 2.45) is 0 Å². The summed E-state index contributed by atoms with van der Waals surface area (Å²) in [5, 5.41) is 3.35. The molecule has 1 saturated heterocycles. The summed E-state index contributed by atoms with van der Waals surface area (Å²) in [6, 6.07) is 2.51. The van der Waals surface area contributed by atoms with E-state index >= 15 is 0 Å². The summed E-state index contributed by atoms with van der Waals surface area (Å²) in [6.45, 7) is 4.90. The van der Waals surface area contributed by atoms with Crippen molar-refractivity contribution >= 4 is 6.08 Å². The lowest BCUT2D eigenvalue weighted by Crippen LogP contribution is -2.35. The fraction of sp³-hybridized carbons (Fsp3) is 0.300. The van der Waals surface area contributed by atoms with E-state index < -0.39 is 0 Å². The molecule has 1 N–H and O–H groups in total. The maximum atomic E-state index is 4.11. The molecule has 0 aliphatic carbocycles. The predicted molar refractivity (Wildman–Crippen MR) is 49.7 cm³/mol. The molecule has 1 aromatic rings. The third-order valence-electron chi connectivity index (χ3n) is 2.31. The van der Waals surface area contributed by atoms with Crippen LogP contribution in [0.2, 0.25) is 0 Å². The monoisotopic (exact) mass is 160 g/mol. The van der Waals surface area contributed by atoms with Crippen molar-refractivity contribution in [3.05, 3.63) is 36.2 Å². The topological polar surface area (TPSA) is 24.9 Å². The molecule has 1 aromatic heterocycles. The van der Waals surface area contributed by atoms with Gasteiger partial charge in [-0.15, -0.1) is 0 Å². The molecular weight excluding hydrogens is 148 g/mol. The van der Waals surface area contributed by atoms with E-state index in [2.05, 4.69) is 16.9 Å².